The highest BCUT2D eigenvalue weighted by Gasteiger charge is 2.67. The van der Waals surface area contributed by atoms with Gasteiger partial charge in [-0.1, -0.05) is 19.4 Å². The van der Waals surface area contributed by atoms with Crippen molar-refractivity contribution in [3.8, 4) is 0 Å². The lowest BCUT2D eigenvalue weighted by Gasteiger charge is -2.61. The molecule has 0 radical (unpaired) electrons. The minimum Gasteiger partial charge on any atom is -0.393 e. The first-order valence-corrected chi connectivity index (χ1v) is 10.5. The molecule has 142 valence electrons. The van der Waals surface area contributed by atoms with Crippen LogP contribution in [0.1, 0.15) is 71.6 Å². The van der Waals surface area contributed by atoms with Crippen molar-refractivity contribution >= 4 is 11.7 Å². The number of carbonyl (C=O) groups excluding carboxylic acids is 2. The molecule has 1 amide bonds. The largest absolute Gasteiger partial charge is 0.393 e. The molecule has 1 aliphatic heterocycles. The van der Waals surface area contributed by atoms with Crippen LogP contribution in [0.3, 0.4) is 0 Å². The predicted molar refractivity (Wildman–Crippen MR) is 98.2 cm³/mol. The number of allylic oxidation sites excluding steroid dienone is 1. The zero-order valence-corrected chi connectivity index (χ0v) is 16.0. The Balaban J connectivity index is 1.53. The molecule has 0 aromatic heterocycles. The molecule has 0 aromatic rings. The molecule has 1 spiro atoms. The summed E-state index contributed by atoms with van der Waals surface area (Å²) < 4.78 is 0. The maximum Gasteiger partial charge on any atom is 0.220 e. The number of hydrogen-bond donors (Lipinski definition) is 2. The Hall–Kier alpha value is -1.16. The van der Waals surface area contributed by atoms with Crippen LogP contribution in [0.2, 0.25) is 0 Å². The van der Waals surface area contributed by atoms with E-state index in [1.807, 2.05) is 6.08 Å². The average molecular weight is 357 g/mol. The Bertz CT molecular complexity index is 714. The van der Waals surface area contributed by atoms with Gasteiger partial charge in [-0.25, -0.2) is 0 Å². The van der Waals surface area contributed by atoms with Crippen LogP contribution in [-0.4, -0.2) is 28.4 Å². The van der Waals surface area contributed by atoms with E-state index in [1.165, 1.54) is 12.0 Å². The summed E-state index contributed by atoms with van der Waals surface area (Å²) in [5.74, 6) is 1.80. The van der Waals surface area contributed by atoms with Gasteiger partial charge in [-0.2, -0.15) is 0 Å². The number of carbonyl (C=O) groups is 2. The molecule has 1 heterocycles. The fraction of sp³-hybridized carbons (Fsp3) is 0.818. The van der Waals surface area contributed by atoms with Crippen molar-refractivity contribution in [3.05, 3.63) is 11.6 Å². The standard InChI is InChI=1S/C22H31NO3/c1-20-8-5-14(24)11-13(20)3-4-15-16-6-9-22(10-7-18(26)23-22)21(16,2)12-17(25)19(15)20/h11,15-17,19,25H,3-10,12H2,1-2H3,(H,23,26)/t15?,16?,17?,19?,20-,21-,22+/m0/s1. The van der Waals surface area contributed by atoms with E-state index in [-0.39, 0.29) is 40.1 Å². The molecule has 2 N–H and O–H groups in total. The summed E-state index contributed by atoms with van der Waals surface area (Å²) in [5.41, 5.74) is 1.17. The van der Waals surface area contributed by atoms with Crippen LogP contribution in [0, 0.1) is 28.6 Å². The number of amides is 1. The third-order valence-corrected chi connectivity index (χ3v) is 9.42. The summed E-state index contributed by atoms with van der Waals surface area (Å²) in [6.45, 7) is 4.64. The van der Waals surface area contributed by atoms with E-state index in [2.05, 4.69) is 19.2 Å². The van der Waals surface area contributed by atoms with E-state index < -0.39 is 0 Å². The minimum absolute atomic E-state index is 0.00179. The van der Waals surface area contributed by atoms with Gasteiger partial charge >= 0.3 is 0 Å². The van der Waals surface area contributed by atoms with Crippen molar-refractivity contribution in [3.63, 3.8) is 0 Å². The Morgan fingerprint density at radius 3 is 2.62 bits per heavy atom. The lowest BCUT2D eigenvalue weighted by molar-refractivity contribution is -0.139. The molecule has 4 fully saturated rings. The number of aliphatic hydroxyl groups excluding tert-OH is 1. The summed E-state index contributed by atoms with van der Waals surface area (Å²) in [4.78, 5) is 24.0. The predicted octanol–water partition coefficient (Wildman–Crippen LogP) is 3.14. The van der Waals surface area contributed by atoms with Crippen LogP contribution in [0.15, 0.2) is 11.6 Å². The normalized spacial score (nSPS) is 53.0. The summed E-state index contributed by atoms with van der Waals surface area (Å²) >= 11 is 0. The third-order valence-electron chi connectivity index (χ3n) is 9.42. The topological polar surface area (TPSA) is 66.4 Å². The minimum atomic E-state index is -0.337. The SMILES string of the molecule is C[C@]12CCC(=O)C=C1CCC1C2C(O)C[C@@]2(C)C1CC[C@@]21CCC(=O)N1. The molecule has 4 heteroatoms. The van der Waals surface area contributed by atoms with Gasteiger partial charge in [0, 0.05) is 18.4 Å². The highest BCUT2D eigenvalue weighted by Crippen LogP contribution is 2.68. The van der Waals surface area contributed by atoms with Gasteiger partial charge in [0.1, 0.15) is 0 Å². The van der Waals surface area contributed by atoms with Crippen molar-refractivity contribution in [1.29, 1.82) is 0 Å². The average Bonchev–Trinajstić information content (AvgIpc) is 3.09. The molecule has 4 aliphatic carbocycles. The molecule has 5 aliphatic rings. The molecule has 1 saturated heterocycles. The zero-order chi connectivity index (χ0) is 18.3. The number of ketones is 1. The molecule has 0 bridgehead atoms. The second-order valence-electron chi connectivity index (χ2n) is 10.2. The first-order valence-electron chi connectivity index (χ1n) is 10.5. The lowest BCUT2D eigenvalue weighted by Crippen LogP contribution is -2.62. The van der Waals surface area contributed by atoms with Crippen LogP contribution in [0.4, 0.5) is 0 Å². The fourth-order valence-corrected chi connectivity index (χ4v) is 8.14. The van der Waals surface area contributed by atoms with Crippen LogP contribution in [-0.2, 0) is 9.59 Å². The Morgan fingerprint density at radius 2 is 1.88 bits per heavy atom. The van der Waals surface area contributed by atoms with Crippen molar-refractivity contribution in [2.75, 3.05) is 0 Å². The monoisotopic (exact) mass is 357 g/mol. The van der Waals surface area contributed by atoms with Gasteiger partial charge in [0.25, 0.3) is 0 Å². The van der Waals surface area contributed by atoms with Gasteiger partial charge in [0.2, 0.25) is 5.91 Å². The van der Waals surface area contributed by atoms with E-state index in [1.54, 1.807) is 0 Å². The van der Waals surface area contributed by atoms with E-state index in [9.17, 15) is 14.7 Å². The van der Waals surface area contributed by atoms with Crippen LogP contribution < -0.4 is 5.32 Å². The van der Waals surface area contributed by atoms with E-state index in [0.717, 1.165) is 38.5 Å². The molecule has 5 rings (SSSR count). The Kier molecular flexibility index (Phi) is 3.40. The van der Waals surface area contributed by atoms with Crippen LogP contribution in [0.25, 0.3) is 0 Å². The molecule has 7 atom stereocenters. The van der Waals surface area contributed by atoms with Gasteiger partial charge < -0.3 is 10.4 Å². The molecule has 3 saturated carbocycles. The Morgan fingerprint density at radius 1 is 1.08 bits per heavy atom. The Labute approximate surface area is 155 Å². The lowest BCUT2D eigenvalue weighted by atomic mass is 9.45. The van der Waals surface area contributed by atoms with Crippen LogP contribution in [0.5, 0.6) is 0 Å². The first-order chi connectivity index (χ1) is 12.3. The van der Waals surface area contributed by atoms with Crippen molar-refractivity contribution in [1.82, 2.24) is 5.32 Å². The molecule has 4 nitrogen and oxygen atoms in total. The number of rotatable bonds is 0. The maximum atomic E-state index is 12.0. The fourth-order valence-electron chi connectivity index (χ4n) is 8.14. The smallest absolute Gasteiger partial charge is 0.220 e. The number of fused-ring (bicyclic) bond motifs is 6. The van der Waals surface area contributed by atoms with Gasteiger partial charge in [-0.05, 0) is 79.6 Å². The first kappa shape index (κ1) is 17.0. The summed E-state index contributed by atoms with van der Waals surface area (Å²) in [7, 11) is 0. The number of nitrogens with one attached hydrogen (secondary N) is 1. The van der Waals surface area contributed by atoms with Gasteiger partial charge in [0.15, 0.2) is 5.78 Å². The molecule has 0 aromatic carbocycles. The number of aliphatic hydroxyl groups is 1. The van der Waals surface area contributed by atoms with Crippen molar-refractivity contribution in [2.45, 2.75) is 83.3 Å². The summed E-state index contributed by atoms with van der Waals surface area (Å²) in [5, 5.41) is 14.7. The van der Waals surface area contributed by atoms with Crippen molar-refractivity contribution < 1.29 is 14.7 Å². The van der Waals surface area contributed by atoms with E-state index in [4.69, 9.17) is 0 Å². The summed E-state index contributed by atoms with van der Waals surface area (Å²) in [6.07, 6.45) is 9.74. The second kappa shape index (κ2) is 5.21. The third kappa shape index (κ3) is 1.95. The highest BCUT2D eigenvalue weighted by atomic mass is 16.3. The summed E-state index contributed by atoms with van der Waals surface area (Å²) in [6, 6.07) is 0. The molecular formula is C22H31NO3. The second-order valence-corrected chi connectivity index (χ2v) is 10.2. The van der Waals surface area contributed by atoms with E-state index in [0.29, 0.717) is 24.7 Å². The van der Waals surface area contributed by atoms with Gasteiger partial charge in [-0.15, -0.1) is 0 Å². The molecule has 26 heavy (non-hydrogen) atoms. The number of hydrogen-bond acceptors (Lipinski definition) is 3. The maximum absolute atomic E-state index is 12.0. The zero-order valence-electron chi connectivity index (χ0n) is 16.0. The highest BCUT2D eigenvalue weighted by molar-refractivity contribution is 5.91. The van der Waals surface area contributed by atoms with E-state index >= 15 is 0 Å². The van der Waals surface area contributed by atoms with Crippen LogP contribution >= 0.6 is 0 Å². The van der Waals surface area contributed by atoms with Gasteiger partial charge in [-0.3, -0.25) is 9.59 Å². The van der Waals surface area contributed by atoms with Gasteiger partial charge in [0.05, 0.1) is 6.10 Å². The quantitative estimate of drug-likeness (QED) is 0.700. The van der Waals surface area contributed by atoms with Crippen molar-refractivity contribution in [2.24, 2.45) is 28.6 Å². The molecule has 4 unspecified atom stereocenters. The molecular weight excluding hydrogens is 326 g/mol.